The Hall–Kier alpha value is -0.560. The predicted octanol–water partition coefficient (Wildman–Crippen LogP) is 4.33. The Morgan fingerprint density at radius 1 is 1.47 bits per heavy atom. The van der Waals surface area contributed by atoms with Gasteiger partial charge in [0, 0.05) is 5.92 Å². The van der Waals surface area contributed by atoms with Crippen molar-refractivity contribution >= 4 is 0 Å². The Morgan fingerprint density at radius 3 is 2.53 bits per heavy atom. The molecule has 0 aromatic heterocycles. The van der Waals surface area contributed by atoms with Crippen LogP contribution in [0.1, 0.15) is 53.4 Å². The largest absolute Gasteiger partial charge is 0.389 e. The molecule has 0 aromatic carbocycles. The zero-order valence-electron chi connectivity index (χ0n) is 11.9. The van der Waals surface area contributed by atoms with E-state index in [1.165, 1.54) is 0 Å². The lowest BCUT2D eigenvalue weighted by Gasteiger charge is -2.40. The van der Waals surface area contributed by atoms with Crippen LogP contribution in [0.15, 0.2) is 24.8 Å². The normalized spacial score (nSPS) is 33.7. The lowest BCUT2D eigenvalue weighted by atomic mass is 9.70. The average molecular weight is 236 g/mol. The number of aliphatic hydroxyl groups is 1. The summed E-state index contributed by atoms with van der Waals surface area (Å²) in [6.45, 7) is 16.5. The Balaban J connectivity index is 2.90. The molecular formula is C16H28O. The van der Waals surface area contributed by atoms with Gasteiger partial charge in [0.05, 0.1) is 5.60 Å². The van der Waals surface area contributed by atoms with Gasteiger partial charge in [-0.2, -0.15) is 0 Å². The van der Waals surface area contributed by atoms with E-state index in [9.17, 15) is 5.11 Å². The van der Waals surface area contributed by atoms with Crippen LogP contribution in [0.3, 0.4) is 0 Å². The van der Waals surface area contributed by atoms with Gasteiger partial charge in [-0.05, 0) is 43.9 Å². The molecule has 1 rings (SSSR count). The van der Waals surface area contributed by atoms with Gasteiger partial charge in [0.2, 0.25) is 0 Å². The number of allylic oxidation sites excluding steroid dienone is 1. The first-order valence-electron chi connectivity index (χ1n) is 6.71. The highest BCUT2D eigenvalue weighted by molar-refractivity contribution is 5.12. The summed E-state index contributed by atoms with van der Waals surface area (Å²) in [5, 5.41) is 11.1. The molecular weight excluding hydrogens is 208 g/mol. The van der Waals surface area contributed by atoms with Gasteiger partial charge in [0.1, 0.15) is 0 Å². The molecule has 0 saturated heterocycles. The van der Waals surface area contributed by atoms with E-state index in [1.807, 2.05) is 13.0 Å². The van der Waals surface area contributed by atoms with E-state index in [2.05, 4.69) is 33.9 Å². The van der Waals surface area contributed by atoms with Gasteiger partial charge in [-0.25, -0.2) is 0 Å². The van der Waals surface area contributed by atoms with Crippen molar-refractivity contribution < 1.29 is 5.11 Å². The van der Waals surface area contributed by atoms with Crippen molar-refractivity contribution in [3.05, 3.63) is 24.8 Å². The van der Waals surface area contributed by atoms with Crippen LogP contribution >= 0.6 is 0 Å². The molecule has 98 valence electrons. The second-order valence-corrected chi connectivity index (χ2v) is 6.70. The van der Waals surface area contributed by atoms with Crippen molar-refractivity contribution in [2.75, 3.05) is 0 Å². The van der Waals surface area contributed by atoms with Crippen LogP contribution in [0.4, 0.5) is 0 Å². The maximum Gasteiger partial charge on any atom is 0.0743 e. The molecule has 1 nitrogen and oxygen atoms in total. The van der Waals surface area contributed by atoms with Crippen molar-refractivity contribution in [2.45, 2.75) is 59.0 Å². The van der Waals surface area contributed by atoms with Crippen LogP contribution in [-0.2, 0) is 0 Å². The number of hydrogen-bond acceptors (Lipinski definition) is 1. The van der Waals surface area contributed by atoms with Crippen LogP contribution in [0.5, 0.6) is 0 Å². The molecule has 0 heterocycles. The third kappa shape index (κ3) is 3.01. The fourth-order valence-corrected chi connectivity index (χ4v) is 3.46. The van der Waals surface area contributed by atoms with E-state index in [0.29, 0.717) is 5.92 Å². The second-order valence-electron chi connectivity index (χ2n) is 6.70. The minimum absolute atomic E-state index is 0.114. The Kier molecular flexibility index (Phi) is 4.24. The molecule has 0 bridgehead atoms. The predicted molar refractivity (Wildman–Crippen MR) is 74.9 cm³/mol. The molecule has 3 atom stereocenters. The first-order valence-corrected chi connectivity index (χ1v) is 6.71. The third-order valence-corrected chi connectivity index (χ3v) is 4.40. The standard InChI is InChI=1S/C16H28O/c1-7-10-15(5,6)11-16(17)13(4)8-9-14(16)12(2)3/h7,13-14,17H,1-2,8-11H2,3-6H3/t13-,14-,16-/m0/s1. The molecule has 0 amide bonds. The second kappa shape index (κ2) is 4.97. The van der Waals surface area contributed by atoms with E-state index in [1.54, 1.807) is 0 Å². The van der Waals surface area contributed by atoms with Gasteiger partial charge in [-0.15, -0.1) is 6.58 Å². The van der Waals surface area contributed by atoms with Crippen molar-refractivity contribution in [2.24, 2.45) is 17.3 Å². The van der Waals surface area contributed by atoms with Gasteiger partial charge < -0.3 is 5.11 Å². The summed E-state index contributed by atoms with van der Waals surface area (Å²) < 4.78 is 0. The fourth-order valence-electron chi connectivity index (χ4n) is 3.46. The molecule has 0 spiro atoms. The molecule has 0 radical (unpaired) electrons. The summed E-state index contributed by atoms with van der Waals surface area (Å²) in [6.07, 6.45) is 5.93. The van der Waals surface area contributed by atoms with Crippen LogP contribution in [0.25, 0.3) is 0 Å². The molecule has 1 heteroatoms. The van der Waals surface area contributed by atoms with Gasteiger partial charge in [0.25, 0.3) is 0 Å². The van der Waals surface area contributed by atoms with Crippen molar-refractivity contribution in [3.8, 4) is 0 Å². The van der Waals surface area contributed by atoms with E-state index in [-0.39, 0.29) is 11.3 Å². The number of rotatable bonds is 5. The summed E-state index contributed by atoms with van der Waals surface area (Å²) in [7, 11) is 0. The van der Waals surface area contributed by atoms with Gasteiger partial charge in [0.15, 0.2) is 0 Å². The zero-order chi connectivity index (χ0) is 13.3. The minimum Gasteiger partial charge on any atom is -0.389 e. The van der Waals surface area contributed by atoms with E-state index in [4.69, 9.17) is 0 Å². The first kappa shape index (κ1) is 14.5. The Bertz CT molecular complexity index is 303. The zero-order valence-corrected chi connectivity index (χ0v) is 11.9. The summed E-state index contributed by atoms with van der Waals surface area (Å²) in [6, 6.07) is 0. The number of hydrogen-bond donors (Lipinski definition) is 1. The fraction of sp³-hybridized carbons (Fsp3) is 0.750. The van der Waals surface area contributed by atoms with Crippen LogP contribution in [0, 0.1) is 17.3 Å². The summed E-state index contributed by atoms with van der Waals surface area (Å²) in [5.74, 6) is 0.634. The van der Waals surface area contributed by atoms with Crippen molar-refractivity contribution in [1.29, 1.82) is 0 Å². The first-order chi connectivity index (χ1) is 7.73. The monoisotopic (exact) mass is 236 g/mol. The van der Waals surface area contributed by atoms with Crippen LogP contribution < -0.4 is 0 Å². The average Bonchev–Trinajstić information content (AvgIpc) is 2.41. The maximum atomic E-state index is 11.1. The molecule has 0 aliphatic heterocycles. The molecule has 1 aliphatic carbocycles. The van der Waals surface area contributed by atoms with Gasteiger partial charge in [-0.1, -0.05) is 39.0 Å². The van der Waals surface area contributed by atoms with Gasteiger partial charge >= 0.3 is 0 Å². The molecule has 1 fully saturated rings. The topological polar surface area (TPSA) is 20.2 Å². The van der Waals surface area contributed by atoms with Crippen LogP contribution in [-0.4, -0.2) is 10.7 Å². The smallest absolute Gasteiger partial charge is 0.0743 e. The summed E-state index contributed by atoms with van der Waals surface area (Å²) >= 11 is 0. The Morgan fingerprint density at radius 2 is 2.06 bits per heavy atom. The summed E-state index contributed by atoms with van der Waals surface area (Å²) in [5.41, 5.74) is 0.674. The third-order valence-electron chi connectivity index (χ3n) is 4.40. The molecule has 1 N–H and O–H groups in total. The highest BCUT2D eigenvalue weighted by Gasteiger charge is 2.49. The SMILES string of the molecule is C=CCC(C)(C)C[C@]1(O)[C@@H](C)CC[C@H]1C(=C)C. The van der Waals surface area contributed by atoms with Crippen molar-refractivity contribution in [3.63, 3.8) is 0 Å². The minimum atomic E-state index is -0.571. The highest BCUT2D eigenvalue weighted by Crippen LogP contribution is 2.49. The van der Waals surface area contributed by atoms with Crippen LogP contribution in [0.2, 0.25) is 0 Å². The Labute approximate surface area is 107 Å². The highest BCUT2D eigenvalue weighted by atomic mass is 16.3. The van der Waals surface area contributed by atoms with E-state index >= 15 is 0 Å². The molecule has 17 heavy (non-hydrogen) atoms. The quantitative estimate of drug-likeness (QED) is 0.704. The molecule has 0 unspecified atom stereocenters. The van der Waals surface area contributed by atoms with E-state index < -0.39 is 5.60 Å². The maximum absolute atomic E-state index is 11.1. The van der Waals surface area contributed by atoms with Crippen molar-refractivity contribution in [1.82, 2.24) is 0 Å². The molecule has 1 saturated carbocycles. The lowest BCUT2D eigenvalue weighted by molar-refractivity contribution is -0.0538. The summed E-state index contributed by atoms with van der Waals surface area (Å²) in [4.78, 5) is 0. The lowest BCUT2D eigenvalue weighted by Crippen LogP contribution is -2.43. The molecule has 1 aliphatic rings. The van der Waals surface area contributed by atoms with Gasteiger partial charge in [-0.3, -0.25) is 0 Å². The molecule has 0 aromatic rings. The van der Waals surface area contributed by atoms with E-state index in [0.717, 1.165) is 31.3 Å².